The fourth-order valence-electron chi connectivity index (χ4n) is 3.86. The van der Waals surface area contributed by atoms with Crippen LogP contribution < -0.4 is 9.47 Å². The molecule has 0 spiro atoms. The van der Waals surface area contributed by atoms with Crippen LogP contribution in [-0.2, 0) is 0 Å². The summed E-state index contributed by atoms with van der Waals surface area (Å²) in [4.78, 5) is 9.54. The van der Waals surface area contributed by atoms with E-state index >= 15 is 0 Å². The van der Waals surface area contributed by atoms with Crippen molar-refractivity contribution in [3.8, 4) is 23.1 Å². The molecule has 5 rings (SSSR count). The largest absolute Gasteiger partial charge is 0.474 e. The first kappa shape index (κ1) is 21.4. The zero-order chi connectivity index (χ0) is 23.3. The maximum Gasteiger partial charge on any atom is 0.261 e. The summed E-state index contributed by atoms with van der Waals surface area (Å²) in [5.41, 5.74) is 4.70. The Balaban J connectivity index is 1.88. The quantitative estimate of drug-likeness (QED) is 0.318. The second-order valence-electron chi connectivity index (χ2n) is 8.55. The third-order valence-electron chi connectivity index (χ3n) is 5.20. The van der Waals surface area contributed by atoms with E-state index in [-0.39, 0.29) is 12.2 Å². The van der Waals surface area contributed by atoms with Gasteiger partial charge in [0.15, 0.2) is 5.82 Å². The first-order valence-corrected chi connectivity index (χ1v) is 11.3. The summed E-state index contributed by atoms with van der Waals surface area (Å²) >= 11 is 6.35. The number of nitrogens with zero attached hydrogens (tertiary/aromatic N) is 5. The summed E-state index contributed by atoms with van der Waals surface area (Å²) in [7, 11) is 0. The summed E-state index contributed by atoms with van der Waals surface area (Å²) in [5, 5.41) is 10.6. The number of fused-ring (bicyclic) bond motifs is 4. The number of benzene rings is 2. The van der Waals surface area contributed by atoms with Crippen LogP contribution in [0.5, 0.6) is 11.8 Å². The monoisotopic (exact) mass is 461 g/mol. The van der Waals surface area contributed by atoms with Crippen LogP contribution in [0.3, 0.4) is 0 Å². The second kappa shape index (κ2) is 8.15. The third kappa shape index (κ3) is 3.82. The fraction of sp³-hybridized carbons (Fsp3) is 0.280. The topological polar surface area (TPSA) is 74.4 Å². The minimum Gasteiger partial charge on any atom is -0.474 e. The molecule has 0 fully saturated rings. The number of para-hydroxylation sites is 1. The highest BCUT2D eigenvalue weighted by Gasteiger charge is 2.22. The highest BCUT2D eigenvalue weighted by atomic mass is 35.5. The Bertz CT molecular complexity index is 1510. The van der Waals surface area contributed by atoms with Crippen molar-refractivity contribution in [2.24, 2.45) is 0 Å². The SMILES string of the molecule is Cc1cccc2cc(-c3nnc4c(OC(C)C)nc5ccc(Cl)cc5n34)c(OC(C)C)nc12. The summed E-state index contributed by atoms with van der Waals surface area (Å²) in [6, 6.07) is 13.7. The van der Waals surface area contributed by atoms with Crippen LogP contribution >= 0.6 is 11.6 Å². The van der Waals surface area contributed by atoms with Crippen molar-refractivity contribution in [2.75, 3.05) is 0 Å². The van der Waals surface area contributed by atoms with Gasteiger partial charge in [-0.25, -0.2) is 9.97 Å². The molecule has 0 N–H and O–H groups in total. The zero-order valence-electron chi connectivity index (χ0n) is 19.1. The number of rotatable bonds is 5. The number of pyridine rings is 1. The first-order valence-electron chi connectivity index (χ1n) is 10.9. The van der Waals surface area contributed by atoms with Crippen LogP contribution in [0, 0.1) is 6.92 Å². The number of hydrogen-bond donors (Lipinski definition) is 0. The minimum atomic E-state index is -0.0728. The molecule has 0 bridgehead atoms. The molecule has 0 aliphatic rings. The van der Waals surface area contributed by atoms with Crippen molar-refractivity contribution in [2.45, 2.75) is 46.8 Å². The Labute approximate surface area is 196 Å². The van der Waals surface area contributed by atoms with Crippen molar-refractivity contribution in [3.63, 3.8) is 0 Å². The lowest BCUT2D eigenvalue weighted by molar-refractivity contribution is 0.234. The predicted molar refractivity (Wildman–Crippen MR) is 130 cm³/mol. The number of aromatic nitrogens is 5. The van der Waals surface area contributed by atoms with Crippen LogP contribution in [0.25, 0.3) is 39.0 Å². The van der Waals surface area contributed by atoms with E-state index in [0.717, 1.165) is 33.1 Å². The van der Waals surface area contributed by atoms with Crippen LogP contribution in [0.2, 0.25) is 5.02 Å². The lowest BCUT2D eigenvalue weighted by Gasteiger charge is -2.15. The lowest BCUT2D eigenvalue weighted by Crippen LogP contribution is -2.10. The molecule has 0 saturated heterocycles. The van der Waals surface area contributed by atoms with Crippen molar-refractivity contribution in [3.05, 3.63) is 53.1 Å². The van der Waals surface area contributed by atoms with E-state index in [9.17, 15) is 0 Å². The summed E-state index contributed by atoms with van der Waals surface area (Å²) in [6.07, 6.45) is -0.138. The molecule has 33 heavy (non-hydrogen) atoms. The van der Waals surface area contributed by atoms with Gasteiger partial charge in [-0.1, -0.05) is 29.8 Å². The molecule has 0 unspecified atom stereocenters. The van der Waals surface area contributed by atoms with E-state index < -0.39 is 0 Å². The Kier molecular flexibility index (Phi) is 5.29. The molecular formula is C25H24ClN5O2. The average molecular weight is 462 g/mol. The van der Waals surface area contributed by atoms with E-state index in [1.165, 1.54) is 0 Å². The van der Waals surface area contributed by atoms with Crippen molar-refractivity contribution in [1.82, 2.24) is 24.6 Å². The number of halogens is 1. The van der Waals surface area contributed by atoms with Crippen LogP contribution in [0.4, 0.5) is 0 Å². The van der Waals surface area contributed by atoms with Gasteiger partial charge in [0.05, 0.1) is 34.3 Å². The van der Waals surface area contributed by atoms with E-state index in [1.807, 2.05) is 75.4 Å². The van der Waals surface area contributed by atoms with E-state index in [0.29, 0.717) is 28.3 Å². The molecule has 0 atom stereocenters. The molecule has 0 amide bonds. The van der Waals surface area contributed by atoms with Gasteiger partial charge in [-0.2, -0.15) is 0 Å². The fourth-order valence-corrected chi connectivity index (χ4v) is 4.03. The Morgan fingerprint density at radius 3 is 2.39 bits per heavy atom. The number of ether oxygens (including phenoxy) is 2. The molecule has 3 aromatic heterocycles. The van der Waals surface area contributed by atoms with Crippen LogP contribution in [0.1, 0.15) is 33.3 Å². The molecule has 2 aromatic carbocycles. The third-order valence-corrected chi connectivity index (χ3v) is 5.44. The zero-order valence-corrected chi connectivity index (χ0v) is 19.9. The number of hydrogen-bond acceptors (Lipinski definition) is 6. The first-order chi connectivity index (χ1) is 15.8. The molecule has 8 heteroatoms. The van der Waals surface area contributed by atoms with E-state index in [2.05, 4.69) is 15.2 Å². The molecule has 168 valence electrons. The van der Waals surface area contributed by atoms with E-state index in [4.69, 9.17) is 26.1 Å². The highest BCUT2D eigenvalue weighted by molar-refractivity contribution is 6.31. The molecule has 0 radical (unpaired) electrons. The van der Waals surface area contributed by atoms with Gasteiger partial charge in [-0.05, 0) is 64.4 Å². The Hall–Kier alpha value is -3.45. The summed E-state index contributed by atoms with van der Waals surface area (Å²) < 4.78 is 14.0. The highest BCUT2D eigenvalue weighted by Crippen LogP contribution is 2.35. The van der Waals surface area contributed by atoms with Gasteiger partial charge in [0.25, 0.3) is 5.88 Å². The Morgan fingerprint density at radius 1 is 0.879 bits per heavy atom. The molecule has 0 aliphatic heterocycles. The minimum absolute atomic E-state index is 0.0652. The van der Waals surface area contributed by atoms with E-state index in [1.54, 1.807) is 6.07 Å². The molecule has 7 nitrogen and oxygen atoms in total. The van der Waals surface area contributed by atoms with Crippen LogP contribution in [0.15, 0.2) is 42.5 Å². The molecule has 0 aliphatic carbocycles. The molecule has 3 heterocycles. The molecule has 5 aromatic rings. The lowest BCUT2D eigenvalue weighted by atomic mass is 10.1. The van der Waals surface area contributed by atoms with Gasteiger partial charge in [0.2, 0.25) is 11.5 Å². The average Bonchev–Trinajstić information content (AvgIpc) is 3.19. The van der Waals surface area contributed by atoms with Crippen LogP contribution in [-0.4, -0.2) is 36.8 Å². The smallest absolute Gasteiger partial charge is 0.261 e. The number of aryl methyl sites for hydroxylation is 1. The van der Waals surface area contributed by atoms with Gasteiger partial charge in [0.1, 0.15) is 0 Å². The van der Waals surface area contributed by atoms with Crippen molar-refractivity contribution >= 4 is 39.2 Å². The second-order valence-corrected chi connectivity index (χ2v) is 8.99. The Morgan fingerprint density at radius 2 is 1.64 bits per heavy atom. The maximum absolute atomic E-state index is 6.35. The van der Waals surface area contributed by atoms with Crippen molar-refractivity contribution < 1.29 is 9.47 Å². The molecular weight excluding hydrogens is 438 g/mol. The van der Waals surface area contributed by atoms with Crippen molar-refractivity contribution in [1.29, 1.82) is 0 Å². The summed E-state index contributed by atoms with van der Waals surface area (Å²) in [6.45, 7) is 9.89. The van der Waals surface area contributed by atoms with Gasteiger partial charge in [-0.15, -0.1) is 10.2 Å². The normalized spacial score (nSPS) is 11.9. The molecule has 0 saturated carbocycles. The van der Waals surface area contributed by atoms with Gasteiger partial charge in [-0.3, -0.25) is 4.40 Å². The summed E-state index contributed by atoms with van der Waals surface area (Å²) in [5.74, 6) is 1.49. The standard InChI is InChI=1S/C25H24ClN5O2/c1-13(2)32-24-18(11-16-8-6-7-15(5)21(16)28-24)22-29-30-23-25(33-14(3)4)27-19-10-9-17(26)12-20(19)31(22)23/h6-14H,1-5H3. The van der Waals surface area contributed by atoms with Gasteiger partial charge in [0, 0.05) is 10.4 Å². The van der Waals surface area contributed by atoms with Gasteiger partial charge < -0.3 is 9.47 Å². The predicted octanol–water partition coefficient (Wildman–Crippen LogP) is 6.03. The van der Waals surface area contributed by atoms with Gasteiger partial charge >= 0.3 is 0 Å². The maximum atomic E-state index is 6.35.